The number of rotatable bonds is 3. The minimum Gasteiger partial charge on any atom is -0.545 e. The Hall–Kier alpha value is -4.20. The van der Waals surface area contributed by atoms with Crippen LogP contribution < -0.4 is 19.9 Å². The molecule has 3 aromatic rings. The zero-order valence-electron chi connectivity index (χ0n) is 19.1. The van der Waals surface area contributed by atoms with Crippen molar-refractivity contribution in [2.75, 3.05) is 33.1 Å². The first-order valence-corrected chi connectivity index (χ1v) is 10.5. The summed E-state index contributed by atoms with van der Waals surface area (Å²) in [6.45, 7) is 0. The molecule has 0 radical (unpaired) electrons. The quantitative estimate of drug-likeness (QED) is 0.314. The lowest BCUT2D eigenvalue weighted by Gasteiger charge is -2.20. The summed E-state index contributed by atoms with van der Waals surface area (Å²) in [6, 6.07) is 15.4. The Bertz CT molecular complexity index is 1610. The standard InChI is InChI=1S/C25H23N5O3/c1-28(2)14-6-8-16-20(12-14)33-21-13-15(29(3)4)7-9-17(21)22(16)18-10-11-19-24(23(18)25(31)32)26-27-30(19)5/h6-13H,1-5H3. The van der Waals surface area contributed by atoms with Crippen LogP contribution in [0.5, 0.6) is 0 Å². The summed E-state index contributed by atoms with van der Waals surface area (Å²) in [5.41, 5.74) is 4.65. The molecule has 33 heavy (non-hydrogen) atoms. The average molecular weight is 441 g/mol. The van der Waals surface area contributed by atoms with Gasteiger partial charge in [-0.2, -0.15) is 0 Å². The molecule has 0 unspecified atom stereocenters. The summed E-state index contributed by atoms with van der Waals surface area (Å²) in [4.78, 5) is 14.3. The number of benzene rings is 3. The van der Waals surface area contributed by atoms with E-state index in [1.165, 1.54) is 0 Å². The Balaban J connectivity index is 1.98. The van der Waals surface area contributed by atoms with E-state index in [0.717, 1.165) is 27.6 Å². The first-order chi connectivity index (χ1) is 15.8. The lowest BCUT2D eigenvalue weighted by molar-refractivity contribution is -0.254. The fourth-order valence-electron chi connectivity index (χ4n) is 4.23. The van der Waals surface area contributed by atoms with Crippen molar-refractivity contribution in [2.45, 2.75) is 0 Å². The molecule has 5 rings (SSSR count). The van der Waals surface area contributed by atoms with Crippen molar-refractivity contribution in [1.82, 2.24) is 19.6 Å². The van der Waals surface area contributed by atoms with Crippen LogP contribution in [0.1, 0.15) is 10.4 Å². The van der Waals surface area contributed by atoms with Crippen molar-refractivity contribution >= 4 is 33.7 Å². The van der Waals surface area contributed by atoms with Crippen LogP contribution in [-0.2, 0) is 7.05 Å². The summed E-state index contributed by atoms with van der Waals surface area (Å²) in [7, 11) is 9.58. The second-order valence-corrected chi connectivity index (χ2v) is 8.48. The van der Waals surface area contributed by atoms with Crippen LogP contribution in [0.25, 0.3) is 44.5 Å². The summed E-state index contributed by atoms with van der Waals surface area (Å²) < 4.78 is 9.88. The van der Waals surface area contributed by atoms with Crippen LogP contribution in [-0.4, -0.2) is 49.2 Å². The van der Waals surface area contributed by atoms with E-state index in [2.05, 4.69) is 10.3 Å². The number of carboxylic acids is 1. The molecule has 0 fully saturated rings. The van der Waals surface area contributed by atoms with Gasteiger partial charge in [0.15, 0.2) is 0 Å². The van der Waals surface area contributed by atoms with Gasteiger partial charge in [-0.15, -0.1) is 5.10 Å². The van der Waals surface area contributed by atoms with Gasteiger partial charge in [0.2, 0.25) is 5.36 Å². The number of anilines is 1. The molecule has 1 aliphatic carbocycles. The zero-order chi connectivity index (χ0) is 23.4. The average Bonchev–Trinajstić information content (AvgIpc) is 3.16. The zero-order valence-corrected chi connectivity index (χ0v) is 19.1. The number of aromatic carboxylic acids is 1. The maximum absolute atomic E-state index is 12.4. The molecule has 0 spiro atoms. The fraction of sp³-hybridized carbons (Fsp3) is 0.200. The van der Waals surface area contributed by atoms with Crippen molar-refractivity contribution < 1.29 is 14.3 Å². The van der Waals surface area contributed by atoms with Gasteiger partial charge in [0.1, 0.15) is 31.0 Å². The van der Waals surface area contributed by atoms with Crippen LogP contribution in [0.3, 0.4) is 0 Å². The first-order valence-electron chi connectivity index (χ1n) is 10.5. The number of fused-ring (bicyclic) bond motifs is 3. The highest BCUT2D eigenvalue weighted by atomic mass is 16.4. The van der Waals surface area contributed by atoms with E-state index in [1.54, 1.807) is 17.8 Å². The number of nitrogens with zero attached hydrogens (tertiary/aromatic N) is 5. The van der Waals surface area contributed by atoms with Crippen LogP contribution >= 0.6 is 0 Å². The molecule has 1 aromatic heterocycles. The van der Waals surface area contributed by atoms with E-state index in [9.17, 15) is 9.90 Å². The molecule has 8 nitrogen and oxygen atoms in total. The number of hydrogen-bond acceptors (Lipinski definition) is 6. The molecular weight excluding hydrogens is 418 g/mol. The van der Waals surface area contributed by atoms with Crippen molar-refractivity contribution in [2.24, 2.45) is 7.05 Å². The summed E-state index contributed by atoms with van der Waals surface area (Å²) >= 11 is 0. The molecule has 0 amide bonds. The van der Waals surface area contributed by atoms with Gasteiger partial charge in [-0.1, -0.05) is 11.3 Å². The van der Waals surface area contributed by atoms with E-state index in [4.69, 9.17) is 4.42 Å². The molecular formula is C25H23N5O3. The van der Waals surface area contributed by atoms with Gasteiger partial charge in [-0.3, -0.25) is 0 Å². The third-order valence-electron chi connectivity index (χ3n) is 5.98. The number of aromatic nitrogens is 3. The van der Waals surface area contributed by atoms with Crippen LogP contribution in [0.4, 0.5) is 5.69 Å². The van der Waals surface area contributed by atoms with Crippen molar-refractivity contribution in [3.05, 3.63) is 59.5 Å². The Morgan fingerprint density at radius 1 is 1.06 bits per heavy atom. The molecule has 0 saturated heterocycles. The minimum absolute atomic E-state index is 0.0165. The van der Waals surface area contributed by atoms with Gasteiger partial charge in [0, 0.05) is 61.0 Å². The molecule has 8 heteroatoms. The molecule has 2 heterocycles. The Labute approximate surface area is 189 Å². The topological polar surface area (TPSA) is 90.2 Å². The summed E-state index contributed by atoms with van der Waals surface area (Å²) in [5, 5.41) is 22.3. The SMILES string of the molecule is CN(C)c1ccc2c(-c3ccc4c(nnn4C)c3C(=O)[O-])c3ccc(=[N+](C)C)cc-3oc2c1. The highest BCUT2D eigenvalue weighted by Crippen LogP contribution is 2.42. The predicted octanol–water partition coefficient (Wildman–Crippen LogP) is 1.95. The normalized spacial score (nSPS) is 11.4. The number of aryl methyl sites for hydroxylation is 1. The summed E-state index contributed by atoms with van der Waals surface area (Å²) in [5.74, 6) is -0.642. The minimum atomic E-state index is -1.30. The molecule has 2 aliphatic rings. The fourth-order valence-corrected chi connectivity index (χ4v) is 4.23. The molecule has 0 saturated carbocycles. The van der Waals surface area contributed by atoms with Gasteiger partial charge in [0.25, 0.3) is 0 Å². The van der Waals surface area contributed by atoms with Gasteiger partial charge in [0.05, 0.1) is 17.6 Å². The van der Waals surface area contributed by atoms with Crippen LogP contribution in [0.2, 0.25) is 0 Å². The van der Waals surface area contributed by atoms with Crippen molar-refractivity contribution in [3.63, 3.8) is 0 Å². The summed E-state index contributed by atoms with van der Waals surface area (Å²) in [6.07, 6.45) is 0. The predicted molar refractivity (Wildman–Crippen MR) is 126 cm³/mol. The van der Waals surface area contributed by atoms with Crippen LogP contribution in [0.15, 0.2) is 52.9 Å². The molecule has 1 aliphatic heterocycles. The lowest BCUT2D eigenvalue weighted by atomic mass is 9.90. The van der Waals surface area contributed by atoms with Crippen molar-refractivity contribution in [1.29, 1.82) is 0 Å². The Morgan fingerprint density at radius 3 is 2.52 bits per heavy atom. The van der Waals surface area contributed by atoms with Crippen molar-refractivity contribution in [3.8, 4) is 22.5 Å². The second-order valence-electron chi connectivity index (χ2n) is 8.48. The van der Waals surface area contributed by atoms with E-state index in [1.807, 2.05) is 80.1 Å². The smallest absolute Gasteiger partial charge is 0.203 e. The largest absolute Gasteiger partial charge is 0.545 e. The lowest BCUT2D eigenvalue weighted by Crippen LogP contribution is -2.24. The van der Waals surface area contributed by atoms with Gasteiger partial charge in [-0.05, 0) is 29.8 Å². The maximum atomic E-state index is 12.4. The Kier molecular flexibility index (Phi) is 4.67. The van der Waals surface area contributed by atoms with E-state index < -0.39 is 5.97 Å². The Morgan fingerprint density at radius 2 is 1.82 bits per heavy atom. The number of carbonyl (C=O) groups excluding carboxylic acids is 1. The number of carbonyl (C=O) groups is 1. The van der Waals surface area contributed by atoms with Gasteiger partial charge >= 0.3 is 0 Å². The first kappa shape index (κ1) is 20.7. The molecule has 0 atom stereocenters. The number of hydrogen-bond donors (Lipinski definition) is 0. The number of carboxylic acid groups (broad SMARTS) is 1. The molecule has 0 bridgehead atoms. The van der Waals surface area contributed by atoms with E-state index in [-0.39, 0.29) is 5.56 Å². The maximum Gasteiger partial charge on any atom is 0.203 e. The van der Waals surface area contributed by atoms with E-state index in [0.29, 0.717) is 27.9 Å². The van der Waals surface area contributed by atoms with E-state index >= 15 is 0 Å². The third kappa shape index (κ3) is 3.22. The van der Waals surface area contributed by atoms with Crippen LogP contribution in [0, 0.1) is 0 Å². The highest BCUT2D eigenvalue weighted by molar-refractivity contribution is 6.12. The van der Waals surface area contributed by atoms with Gasteiger partial charge in [-0.25, -0.2) is 9.26 Å². The van der Waals surface area contributed by atoms with Gasteiger partial charge < -0.3 is 19.2 Å². The highest BCUT2D eigenvalue weighted by Gasteiger charge is 2.23. The third-order valence-corrected chi connectivity index (χ3v) is 5.98. The molecule has 2 aromatic carbocycles. The monoisotopic (exact) mass is 441 g/mol. The molecule has 166 valence electrons. The second kappa shape index (κ2) is 7.44. The molecule has 0 N–H and O–H groups in total.